The second-order valence-electron chi connectivity index (χ2n) is 5.63. The van der Waals surface area contributed by atoms with E-state index in [1.807, 2.05) is 0 Å². The normalized spacial score (nSPS) is 23.2. The summed E-state index contributed by atoms with van der Waals surface area (Å²) in [5.41, 5.74) is 0. The standard InChI is InChI=1S/C13H15F4NO4S2/c14-13(15,16)9-2-1-3-10(8-9)18-24(21,22)12-6-4-11(5-7-12)23(17,19)20/h4-7,9-10,18H,1-3,8H2. The van der Waals surface area contributed by atoms with Crippen LogP contribution in [0.25, 0.3) is 0 Å². The molecule has 5 nitrogen and oxygen atoms in total. The Morgan fingerprint density at radius 2 is 1.50 bits per heavy atom. The van der Waals surface area contributed by atoms with Gasteiger partial charge in [0.25, 0.3) is 0 Å². The first-order valence-electron chi connectivity index (χ1n) is 7.03. The summed E-state index contributed by atoms with van der Waals surface area (Å²) in [7, 11) is -9.08. The zero-order valence-corrected chi connectivity index (χ0v) is 13.9. The maximum Gasteiger partial charge on any atom is 0.391 e. The first-order valence-corrected chi connectivity index (χ1v) is 9.90. The van der Waals surface area contributed by atoms with E-state index in [1.54, 1.807) is 0 Å². The Morgan fingerprint density at radius 3 is 2.00 bits per heavy atom. The summed E-state index contributed by atoms with van der Waals surface area (Å²) in [6.45, 7) is 0. The van der Waals surface area contributed by atoms with Crippen molar-refractivity contribution in [3.8, 4) is 0 Å². The van der Waals surface area contributed by atoms with E-state index in [0.29, 0.717) is 0 Å². The third-order valence-electron chi connectivity index (χ3n) is 3.87. The number of nitrogens with one attached hydrogen (secondary N) is 1. The fraction of sp³-hybridized carbons (Fsp3) is 0.538. The van der Waals surface area contributed by atoms with Crippen LogP contribution in [0.15, 0.2) is 34.1 Å². The summed E-state index contributed by atoms with van der Waals surface area (Å²) >= 11 is 0. The predicted octanol–water partition coefficient (Wildman–Crippen LogP) is 2.74. The van der Waals surface area contributed by atoms with Crippen molar-refractivity contribution in [1.29, 1.82) is 0 Å². The molecule has 0 spiro atoms. The van der Waals surface area contributed by atoms with Gasteiger partial charge in [-0.1, -0.05) is 6.42 Å². The number of hydrogen-bond acceptors (Lipinski definition) is 4. The smallest absolute Gasteiger partial charge is 0.208 e. The average molecular weight is 389 g/mol. The minimum atomic E-state index is -4.96. The highest BCUT2D eigenvalue weighted by Gasteiger charge is 2.42. The molecule has 1 fully saturated rings. The third kappa shape index (κ3) is 4.67. The number of benzene rings is 1. The highest BCUT2D eigenvalue weighted by Crippen LogP contribution is 2.37. The van der Waals surface area contributed by atoms with Crippen LogP contribution in [0, 0.1) is 5.92 Å². The van der Waals surface area contributed by atoms with Crippen LogP contribution in [0.1, 0.15) is 25.7 Å². The molecule has 1 N–H and O–H groups in total. The van der Waals surface area contributed by atoms with Gasteiger partial charge in [-0.25, -0.2) is 13.1 Å². The van der Waals surface area contributed by atoms with Crippen molar-refractivity contribution in [1.82, 2.24) is 4.72 Å². The van der Waals surface area contributed by atoms with Gasteiger partial charge in [-0.2, -0.15) is 21.6 Å². The van der Waals surface area contributed by atoms with Gasteiger partial charge < -0.3 is 0 Å². The van der Waals surface area contributed by atoms with Crippen molar-refractivity contribution in [3.63, 3.8) is 0 Å². The summed E-state index contributed by atoms with van der Waals surface area (Å²) in [5, 5.41) is 0. The molecule has 2 unspecified atom stereocenters. The molecule has 0 heterocycles. The summed E-state index contributed by atoms with van der Waals surface area (Å²) in [4.78, 5) is -1.04. The fourth-order valence-electron chi connectivity index (χ4n) is 2.66. The van der Waals surface area contributed by atoms with E-state index in [1.165, 1.54) is 0 Å². The van der Waals surface area contributed by atoms with Gasteiger partial charge in [-0.15, -0.1) is 3.89 Å². The molecule has 1 aromatic carbocycles. The molecule has 1 saturated carbocycles. The van der Waals surface area contributed by atoms with Crippen LogP contribution in [0.3, 0.4) is 0 Å². The summed E-state index contributed by atoms with van der Waals surface area (Å²) in [5.74, 6) is -1.56. The average Bonchev–Trinajstić information content (AvgIpc) is 2.45. The molecular formula is C13H15F4NO4S2. The molecular weight excluding hydrogens is 374 g/mol. The van der Waals surface area contributed by atoms with Crippen molar-refractivity contribution in [2.45, 2.75) is 47.7 Å². The van der Waals surface area contributed by atoms with Crippen LogP contribution in [-0.2, 0) is 20.2 Å². The molecule has 24 heavy (non-hydrogen) atoms. The highest BCUT2D eigenvalue weighted by atomic mass is 32.3. The number of halogens is 4. The zero-order chi connectivity index (χ0) is 18.2. The van der Waals surface area contributed by atoms with E-state index in [-0.39, 0.29) is 30.6 Å². The molecule has 1 aromatic rings. The summed E-state index contributed by atoms with van der Waals surface area (Å²) in [6, 6.07) is 2.48. The molecule has 0 saturated heterocycles. The molecule has 0 amide bonds. The van der Waals surface area contributed by atoms with Gasteiger partial charge in [0.1, 0.15) is 0 Å². The monoisotopic (exact) mass is 389 g/mol. The van der Waals surface area contributed by atoms with E-state index < -0.39 is 43.3 Å². The minimum absolute atomic E-state index is 0.0369. The lowest BCUT2D eigenvalue weighted by molar-refractivity contribution is -0.183. The molecule has 0 aromatic heterocycles. The van der Waals surface area contributed by atoms with Gasteiger partial charge in [0.2, 0.25) is 10.0 Å². The first-order chi connectivity index (χ1) is 10.9. The molecule has 0 bridgehead atoms. The first kappa shape index (κ1) is 19.1. The maximum absolute atomic E-state index is 12.8. The van der Waals surface area contributed by atoms with Gasteiger partial charge in [-0.05, 0) is 43.5 Å². The molecule has 0 aliphatic heterocycles. The zero-order valence-electron chi connectivity index (χ0n) is 12.3. The molecule has 0 radical (unpaired) electrons. The van der Waals surface area contributed by atoms with Crippen LogP contribution in [-0.4, -0.2) is 29.1 Å². The molecule has 2 atom stereocenters. The van der Waals surface area contributed by atoms with Gasteiger partial charge in [0, 0.05) is 6.04 Å². The van der Waals surface area contributed by atoms with Crippen LogP contribution >= 0.6 is 0 Å². The second-order valence-corrected chi connectivity index (χ2v) is 8.69. The lowest BCUT2D eigenvalue weighted by Crippen LogP contribution is -2.41. The van der Waals surface area contributed by atoms with E-state index >= 15 is 0 Å². The van der Waals surface area contributed by atoms with E-state index in [9.17, 15) is 33.9 Å². The van der Waals surface area contributed by atoms with Gasteiger partial charge in [-0.3, -0.25) is 0 Å². The Hall–Kier alpha value is -1.20. The fourth-order valence-corrected chi connectivity index (χ4v) is 4.41. The third-order valence-corrected chi connectivity index (χ3v) is 6.25. The summed E-state index contributed by atoms with van der Waals surface area (Å²) < 4.78 is 99.0. The maximum atomic E-state index is 12.8. The Balaban J connectivity index is 2.13. The Bertz CT molecular complexity index is 788. The summed E-state index contributed by atoms with van der Waals surface area (Å²) in [6.07, 6.45) is -4.23. The molecule has 1 aliphatic carbocycles. The van der Waals surface area contributed by atoms with Crippen molar-refractivity contribution in [2.75, 3.05) is 0 Å². The Labute approximate surface area is 137 Å². The van der Waals surface area contributed by atoms with Gasteiger partial charge in [0.05, 0.1) is 15.7 Å². The van der Waals surface area contributed by atoms with Crippen molar-refractivity contribution in [2.24, 2.45) is 5.92 Å². The van der Waals surface area contributed by atoms with Crippen molar-refractivity contribution in [3.05, 3.63) is 24.3 Å². The molecule has 2 rings (SSSR count). The topological polar surface area (TPSA) is 80.3 Å². The van der Waals surface area contributed by atoms with Gasteiger partial charge in [0.15, 0.2) is 0 Å². The predicted molar refractivity (Wildman–Crippen MR) is 76.9 cm³/mol. The van der Waals surface area contributed by atoms with Crippen LogP contribution < -0.4 is 4.72 Å². The Morgan fingerprint density at radius 1 is 0.958 bits per heavy atom. The number of hydrogen-bond donors (Lipinski definition) is 1. The second kappa shape index (κ2) is 6.60. The van der Waals surface area contributed by atoms with Gasteiger partial charge >= 0.3 is 16.4 Å². The lowest BCUT2D eigenvalue weighted by Gasteiger charge is -2.30. The minimum Gasteiger partial charge on any atom is -0.208 e. The van der Waals surface area contributed by atoms with Crippen LogP contribution in [0.4, 0.5) is 17.1 Å². The quantitative estimate of drug-likeness (QED) is 0.634. The molecule has 1 aliphatic rings. The number of rotatable bonds is 4. The lowest BCUT2D eigenvalue weighted by atomic mass is 9.86. The van der Waals surface area contributed by atoms with E-state index in [0.717, 1.165) is 24.3 Å². The largest absolute Gasteiger partial charge is 0.391 e. The Kier molecular flexibility index (Phi) is 5.26. The number of alkyl halides is 3. The van der Waals surface area contributed by atoms with Crippen LogP contribution in [0.2, 0.25) is 0 Å². The number of sulfonamides is 1. The SMILES string of the molecule is O=S(=O)(F)c1ccc(S(=O)(=O)NC2CCCC(C(F)(F)F)C2)cc1. The molecule has 11 heteroatoms. The van der Waals surface area contributed by atoms with Crippen molar-refractivity contribution < 1.29 is 33.9 Å². The highest BCUT2D eigenvalue weighted by molar-refractivity contribution is 7.89. The van der Waals surface area contributed by atoms with Crippen molar-refractivity contribution >= 4 is 20.2 Å². The van der Waals surface area contributed by atoms with E-state index in [4.69, 9.17) is 0 Å². The van der Waals surface area contributed by atoms with Crippen LogP contribution in [0.5, 0.6) is 0 Å². The molecule has 136 valence electrons. The van der Waals surface area contributed by atoms with E-state index in [2.05, 4.69) is 4.72 Å².